The lowest BCUT2D eigenvalue weighted by atomic mass is 10.0. The van der Waals surface area contributed by atoms with Gasteiger partial charge in [0.15, 0.2) is 11.6 Å². The van der Waals surface area contributed by atoms with E-state index < -0.39 is 0 Å². The number of rotatable bonds is 14. The van der Waals surface area contributed by atoms with Gasteiger partial charge in [-0.25, -0.2) is 14.4 Å². The molecule has 0 fully saturated rings. The first-order chi connectivity index (χ1) is 22.4. The molecule has 0 saturated carbocycles. The fourth-order valence-electron chi connectivity index (χ4n) is 5.63. The van der Waals surface area contributed by atoms with Gasteiger partial charge in [0.05, 0.1) is 28.3 Å². The number of pyridine rings is 1. The van der Waals surface area contributed by atoms with Crippen molar-refractivity contribution in [1.82, 2.24) is 34.1 Å². The van der Waals surface area contributed by atoms with E-state index in [1.807, 2.05) is 53.4 Å². The van der Waals surface area contributed by atoms with E-state index in [-0.39, 0.29) is 22.7 Å². The number of hydrogen-bond acceptors (Lipinski definition) is 9. The minimum absolute atomic E-state index is 0.108. The Balaban J connectivity index is 1.12. The third kappa shape index (κ3) is 6.96. The highest BCUT2D eigenvalue weighted by Crippen LogP contribution is 2.28. The molecular weight excluding hydrogens is 605 g/mol. The first-order valence-electron chi connectivity index (χ1n) is 15.5. The number of unbranched alkanes of at least 4 members (excludes halogenated alkanes) is 2. The summed E-state index contributed by atoms with van der Waals surface area (Å²) in [5.41, 5.74) is 17.6. The van der Waals surface area contributed by atoms with Crippen LogP contribution in [0.1, 0.15) is 49.4 Å². The number of nitrogen functional groups attached to an aromatic ring is 2. The van der Waals surface area contributed by atoms with Gasteiger partial charge in [0, 0.05) is 38.2 Å². The average Bonchev–Trinajstić information content (AvgIpc) is 3.63. The number of nitrogens with zero attached hydrogens (tertiary/aromatic N) is 7. The third-order valence-corrected chi connectivity index (χ3v) is 8.09. The summed E-state index contributed by atoms with van der Waals surface area (Å²) in [6.45, 7) is 4.61. The molecule has 0 saturated heterocycles. The number of aryl methyl sites for hydroxylation is 1. The number of benzene rings is 1. The third-order valence-electron chi connectivity index (χ3n) is 7.82. The summed E-state index contributed by atoms with van der Waals surface area (Å²) in [7, 11) is 0. The fourth-order valence-corrected chi connectivity index (χ4v) is 5.90. The van der Waals surface area contributed by atoms with Gasteiger partial charge in [-0.15, -0.1) is 0 Å². The van der Waals surface area contributed by atoms with Gasteiger partial charge < -0.3 is 31.2 Å². The number of fused-ring (bicyclic) bond motifs is 2. The van der Waals surface area contributed by atoms with Crippen LogP contribution in [0.3, 0.4) is 0 Å². The van der Waals surface area contributed by atoms with Crippen LogP contribution in [-0.4, -0.2) is 47.1 Å². The zero-order chi connectivity index (χ0) is 32.0. The minimum Gasteiger partial charge on any atom is -0.368 e. The van der Waals surface area contributed by atoms with Gasteiger partial charge in [0.1, 0.15) is 16.9 Å². The fraction of sp³-hybridized carbons (Fsp3) is 0.303. The van der Waals surface area contributed by atoms with Gasteiger partial charge in [-0.1, -0.05) is 37.1 Å². The van der Waals surface area contributed by atoms with E-state index in [1.165, 1.54) is 0 Å². The molecule has 0 aliphatic carbocycles. The first-order valence-corrected chi connectivity index (χ1v) is 15.9. The van der Waals surface area contributed by atoms with Gasteiger partial charge >= 0.3 is 0 Å². The lowest BCUT2D eigenvalue weighted by Crippen LogP contribution is -2.10. The molecule has 0 atom stereocenters. The molecule has 238 valence electrons. The Labute approximate surface area is 271 Å². The molecule has 0 aliphatic heterocycles. The van der Waals surface area contributed by atoms with Crippen LogP contribution in [0.2, 0.25) is 5.02 Å². The molecule has 0 amide bonds. The van der Waals surface area contributed by atoms with Crippen LogP contribution >= 0.6 is 11.6 Å². The Morgan fingerprint density at radius 2 is 1.46 bits per heavy atom. The zero-order valence-electron chi connectivity index (χ0n) is 25.7. The molecule has 1 aromatic carbocycles. The van der Waals surface area contributed by atoms with Crippen molar-refractivity contribution >= 4 is 57.2 Å². The second-order valence-corrected chi connectivity index (χ2v) is 11.7. The predicted molar refractivity (Wildman–Crippen MR) is 183 cm³/mol. The molecule has 0 aliphatic rings. The van der Waals surface area contributed by atoms with E-state index in [9.17, 15) is 0 Å². The molecule has 6 rings (SSSR count). The van der Waals surface area contributed by atoms with Crippen molar-refractivity contribution < 1.29 is 4.39 Å². The first kappa shape index (κ1) is 31.0. The maximum absolute atomic E-state index is 15.1. The van der Waals surface area contributed by atoms with Crippen molar-refractivity contribution in [1.29, 1.82) is 0 Å². The Bertz CT molecular complexity index is 1950. The smallest absolute Gasteiger partial charge is 0.222 e. The molecule has 0 spiro atoms. The van der Waals surface area contributed by atoms with Crippen LogP contribution < -0.4 is 22.1 Å². The molecule has 11 nitrogen and oxygen atoms in total. The van der Waals surface area contributed by atoms with Gasteiger partial charge in [0.2, 0.25) is 11.9 Å². The summed E-state index contributed by atoms with van der Waals surface area (Å²) in [6.07, 6.45) is 9.80. The Morgan fingerprint density at radius 1 is 0.804 bits per heavy atom. The van der Waals surface area contributed by atoms with Crippen molar-refractivity contribution in [3.05, 3.63) is 88.7 Å². The van der Waals surface area contributed by atoms with Crippen LogP contribution in [-0.2, 0) is 19.5 Å². The largest absolute Gasteiger partial charge is 0.368 e. The number of aromatic nitrogens is 7. The summed E-state index contributed by atoms with van der Waals surface area (Å²) in [6, 6.07) is 13.2. The van der Waals surface area contributed by atoms with Crippen molar-refractivity contribution in [2.75, 3.05) is 35.2 Å². The number of hydrogen-bond donors (Lipinski definition) is 4. The van der Waals surface area contributed by atoms with Gasteiger partial charge in [-0.3, -0.25) is 4.98 Å². The molecule has 0 bridgehead atoms. The molecule has 0 unspecified atom stereocenters. The van der Waals surface area contributed by atoms with Crippen LogP contribution in [0.5, 0.6) is 0 Å². The molecule has 0 radical (unpaired) electrons. The number of anilines is 4. The SMILES string of the molecule is CCCCNc1nc(N)nc2ccn(Cc3cc(Cl)c(F)c(CCCCNc4nc(N)nc5ccn(Cc6ccccn6)c45)c3)c12. The maximum atomic E-state index is 15.1. The molecular formula is C33H37ClFN11. The molecule has 6 N–H and O–H groups in total. The second kappa shape index (κ2) is 14.0. The Kier molecular flexibility index (Phi) is 9.43. The molecule has 13 heteroatoms. The molecule has 46 heavy (non-hydrogen) atoms. The lowest BCUT2D eigenvalue weighted by molar-refractivity contribution is 0.600. The summed E-state index contributed by atoms with van der Waals surface area (Å²) >= 11 is 6.38. The van der Waals surface area contributed by atoms with Crippen LogP contribution in [0.15, 0.2) is 61.1 Å². The second-order valence-electron chi connectivity index (χ2n) is 11.3. The number of nitrogens with one attached hydrogen (secondary N) is 2. The zero-order valence-corrected chi connectivity index (χ0v) is 26.4. The number of halogens is 2. The van der Waals surface area contributed by atoms with E-state index in [1.54, 1.807) is 12.3 Å². The molecule has 5 heterocycles. The van der Waals surface area contributed by atoms with Crippen LogP contribution in [0.4, 0.5) is 27.9 Å². The van der Waals surface area contributed by atoms with E-state index >= 15 is 4.39 Å². The summed E-state index contributed by atoms with van der Waals surface area (Å²) in [5.74, 6) is 1.39. The monoisotopic (exact) mass is 641 g/mol. The quantitative estimate of drug-likeness (QED) is 0.101. The highest BCUT2D eigenvalue weighted by atomic mass is 35.5. The van der Waals surface area contributed by atoms with E-state index in [2.05, 4.69) is 47.0 Å². The lowest BCUT2D eigenvalue weighted by Gasteiger charge is -2.13. The summed E-state index contributed by atoms with van der Waals surface area (Å²) in [4.78, 5) is 22.1. The van der Waals surface area contributed by atoms with Crippen molar-refractivity contribution in [2.45, 2.75) is 52.1 Å². The summed E-state index contributed by atoms with van der Waals surface area (Å²) < 4.78 is 19.2. The Hall–Kier alpha value is -4.97. The van der Waals surface area contributed by atoms with Gasteiger partial charge in [0.25, 0.3) is 0 Å². The number of nitrogens with two attached hydrogens (primary N) is 2. The highest BCUT2D eigenvalue weighted by Gasteiger charge is 2.15. The normalized spacial score (nSPS) is 11.5. The molecule has 5 aromatic heterocycles. The maximum Gasteiger partial charge on any atom is 0.222 e. The Morgan fingerprint density at radius 3 is 2.09 bits per heavy atom. The van der Waals surface area contributed by atoms with Crippen molar-refractivity contribution in [3.63, 3.8) is 0 Å². The van der Waals surface area contributed by atoms with Crippen molar-refractivity contribution in [3.8, 4) is 0 Å². The van der Waals surface area contributed by atoms with E-state index in [0.29, 0.717) is 43.3 Å². The van der Waals surface area contributed by atoms with Crippen molar-refractivity contribution in [2.24, 2.45) is 0 Å². The van der Waals surface area contributed by atoms with Crippen LogP contribution in [0, 0.1) is 5.82 Å². The average molecular weight is 642 g/mol. The van der Waals surface area contributed by atoms with Crippen LogP contribution in [0.25, 0.3) is 22.1 Å². The van der Waals surface area contributed by atoms with Gasteiger partial charge in [-0.05, 0) is 67.1 Å². The minimum atomic E-state index is -0.383. The summed E-state index contributed by atoms with van der Waals surface area (Å²) in [5, 5.41) is 6.91. The van der Waals surface area contributed by atoms with Gasteiger partial charge in [-0.2, -0.15) is 9.97 Å². The predicted octanol–water partition coefficient (Wildman–Crippen LogP) is 6.27. The van der Waals surface area contributed by atoms with E-state index in [0.717, 1.165) is 65.6 Å². The standard InChI is InChI=1S/C33H37ClFN11/c1-2-3-12-39-30-28-25(41-32(36)43-30)10-15-45(28)19-21-17-22(27(35)24(34)18-21)8-4-6-14-40-31-29-26(42-33(37)44-31)11-16-46(29)20-23-9-5-7-13-38-23/h5,7,9-11,13,15-18H,2-4,6,8,12,14,19-20H2,1H3,(H3,36,39,41,43)(H3,37,40,42,44). The molecule has 6 aromatic rings. The highest BCUT2D eigenvalue weighted by molar-refractivity contribution is 6.30. The van der Waals surface area contributed by atoms with E-state index in [4.69, 9.17) is 23.1 Å². The topological polar surface area (TPSA) is 150 Å².